The van der Waals surface area contributed by atoms with Gasteiger partial charge in [-0.1, -0.05) is 6.07 Å². The number of halogens is 1. The Kier molecular flexibility index (Phi) is 3.38. The average molecular weight is 293 g/mol. The lowest BCUT2D eigenvalue weighted by Crippen LogP contribution is -2.26. The van der Waals surface area contributed by atoms with Crippen LogP contribution in [0.3, 0.4) is 0 Å². The Bertz CT molecular complexity index is 654. The van der Waals surface area contributed by atoms with E-state index in [9.17, 15) is 4.79 Å². The molecule has 0 saturated heterocycles. The van der Waals surface area contributed by atoms with Gasteiger partial charge in [-0.2, -0.15) is 0 Å². The van der Waals surface area contributed by atoms with Gasteiger partial charge < -0.3 is 19.8 Å². The van der Waals surface area contributed by atoms with Gasteiger partial charge >= 0.3 is 0 Å². The van der Waals surface area contributed by atoms with Crippen LogP contribution in [0.2, 0.25) is 5.22 Å². The number of nitrogens with one attached hydrogen (secondary N) is 2. The molecule has 0 fully saturated rings. The topological polar surface area (TPSA) is 63.5 Å². The first-order chi connectivity index (χ1) is 9.67. The van der Waals surface area contributed by atoms with E-state index in [-0.39, 0.29) is 18.6 Å². The van der Waals surface area contributed by atoms with E-state index in [1.807, 2.05) is 31.3 Å². The maximum atomic E-state index is 11.4. The van der Waals surface area contributed by atoms with E-state index in [1.165, 1.54) is 0 Å². The normalized spacial score (nSPS) is 15.2. The second-order valence-corrected chi connectivity index (χ2v) is 4.83. The molecule has 1 aromatic carbocycles. The van der Waals surface area contributed by atoms with Crippen LogP contribution in [0.4, 0.5) is 5.69 Å². The highest BCUT2D eigenvalue weighted by Crippen LogP contribution is 2.33. The molecule has 6 heteroatoms. The van der Waals surface area contributed by atoms with Gasteiger partial charge in [-0.05, 0) is 48.5 Å². The largest absolute Gasteiger partial charge is 0.482 e. The summed E-state index contributed by atoms with van der Waals surface area (Å²) in [6.07, 6.45) is 0. The third-order valence-electron chi connectivity index (χ3n) is 3.14. The van der Waals surface area contributed by atoms with Crippen molar-refractivity contribution >= 4 is 23.2 Å². The van der Waals surface area contributed by atoms with Crippen molar-refractivity contribution in [2.45, 2.75) is 6.04 Å². The molecule has 0 radical (unpaired) electrons. The standard InChI is InChI=1S/C14H13ClN2O3/c1-16-14(11-4-5-12(15)20-11)8-2-3-10-9(6-8)17-13(18)7-19-10/h2-6,14,16H,7H2,1H3,(H,17,18). The Morgan fingerprint density at radius 3 is 2.90 bits per heavy atom. The number of hydrogen-bond donors (Lipinski definition) is 2. The minimum absolute atomic E-state index is 0.0512. The van der Waals surface area contributed by atoms with Crippen molar-refractivity contribution < 1.29 is 13.9 Å². The molecule has 0 bridgehead atoms. The Balaban J connectivity index is 1.96. The fourth-order valence-corrected chi connectivity index (χ4v) is 2.39. The lowest BCUT2D eigenvalue weighted by Gasteiger charge is -2.21. The van der Waals surface area contributed by atoms with E-state index in [1.54, 1.807) is 6.07 Å². The molecule has 1 aliphatic heterocycles. The smallest absolute Gasteiger partial charge is 0.262 e. The van der Waals surface area contributed by atoms with Gasteiger partial charge in [0.25, 0.3) is 5.91 Å². The SMILES string of the molecule is CNC(c1ccc2c(c1)NC(=O)CO2)c1ccc(Cl)o1. The summed E-state index contributed by atoms with van der Waals surface area (Å²) in [6.45, 7) is 0.0512. The number of ether oxygens (including phenoxy) is 1. The molecule has 1 atom stereocenters. The molecule has 1 aliphatic rings. The van der Waals surface area contributed by atoms with Gasteiger partial charge in [0.1, 0.15) is 11.5 Å². The first-order valence-corrected chi connectivity index (χ1v) is 6.54. The van der Waals surface area contributed by atoms with E-state index in [4.69, 9.17) is 20.8 Å². The first kappa shape index (κ1) is 13.0. The first-order valence-electron chi connectivity index (χ1n) is 6.16. The summed E-state index contributed by atoms with van der Waals surface area (Å²) in [5.74, 6) is 1.22. The predicted molar refractivity (Wildman–Crippen MR) is 75.2 cm³/mol. The van der Waals surface area contributed by atoms with Gasteiger partial charge in [0, 0.05) is 0 Å². The number of carbonyl (C=O) groups is 1. The van der Waals surface area contributed by atoms with Crippen LogP contribution in [0, 0.1) is 0 Å². The van der Waals surface area contributed by atoms with Crippen LogP contribution in [-0.4, -0.2) is 19.6 Å². The zero-order valence-electron chi connectivity index (χ0n) is 10.8. The molecule has 3 rings (SSSR count). The van der Waals surface area contributed by atoms with E-state index in [2.05, 4.69) is 10.6 Å². The number of benzene rings is 1. The maximum Gasteiger partial charge on any atom is 0.262 e. The fourth-order valence-electron chi connectivity index (χ4n) is 2.24. The molecule has 1 unspecified atom stereocenters. The summed E-state index contributed by atoms with van der Waals surface area (Å²) >= 11 is 5.81. The summed E-state index contributed by atoms with van der Waals surface area (Å²) in [5, 5.41) is 6.29. The number of amides is 1. The van der Waals surface area contributed by atoms with Crippen molar-refractivity contribution in [1.82, 2.24) is 5.32 Å². The number of rotatable bonds is 3. The quantitative estimate of drug-likeness (QED) is 0.913. The van der Waals surface area contributed by atoms with Crippen LogP contribution in [-0.2, 0) is 4.79 Å². The van der Waals surface area contributed by atoms with E-state index in [0.717, 1.165) is 5.56 Å². The maximum absolute atomic E-state index is 11.4. The Hall–Kier alpha value is -1.98. The van der Waals surface area contributed by atoms with Crippen LogP contribution < -0.4 is 15.4 Å². The third-order valence-corrected chi connectivity index (χ3v) is 3.34. The summed E-state index contributed by atoms with van der Waals surface area (Å²) in [4.78, 5) is 11.4. The zero-order chi connectivity index (χ0) is 14.1. The van der Waals surface area contributed by atoms with Crippen molar-refractivity contribution in [2.75, 3.05) is 19.0 Å². The van der Waals surface area contributed by atoms with Gasteiger partial charge in [0.05, 0.1) is 11.7 Å². The second kappa shape index (κ2) is 5.19. The van der Waals surface area contributed by atoms with Crippen LogP contribution in [0.15, 0.2) is 34.7 Å². The van der Waals surface area contributed by atoms with Crippen molar-refractivity contribution in [3.63, 3.8) is 0 Å². The van der Waals surface area contributed by atoms with Crippen molar-refractivity contribution in [3.05, 3.63) is 46.9 Å². The molecule has 1 aromatic heterocycles. The Morgan fingerprint density at radius 2 is 2.20 bits per heavy atom. The van der Waals surface area contributed by atoms with E-state index < -0.39 is 0 Å². The zero-order valence-corrected chi connectivity index (χ0v) is 11.5. The summed E-state index contributed by atoms with van der Waals surface area (Å²) < 4.78 is 10.8. The molecule has 2 heterocycles. The summed E-state index contributed by atoms with van der Waals surface area (Å²) in [7, 11) is 1.83. The highest BCUT2D eigenvalue weighted by molar-refractivity contribution is 6.28. The molecule has 2 N–H and O–H groups in total. The molecule has 0 aliphatic carbocycles. The third kappa shape index (κ3) is 2.37. The predicted octanol–water partition coefficient (Wildman–Crippen LogP) is 2.57. The number of furan rings is 1. The van der Waals surface area contributed by atoms with Gasteiger partial charge in [0.2, 0.25) is 0 Å². The second-order valence-electron chi connectivity index (χ2n) is 4.46. The molecular weight excluding hydrogens is 280 g/mol. The molecule has 5 nitrogen and oxygen atoms in total. The number of anilines is 1. The van der Waals surface area contributed by atoms with Crippen molar-refractivity contribution in [2.24, 2.45) is 0 Å². The Morgan fingerprint density at radius 1 is 1.35 bits per heavy atom. The lowest BCUT2D eigenvalue weighted by molar-refractivity contribution is -0.118. The summed E-state index contributed by atoms with van der Waals surface area (Å²) in [6, 6.07) is 8.99. The van der Waals surface area contributed by atoms with Crippen molar-refractivity contribution in [3.8, 4) is 5.75 Å². The lowest BCUT2D eigenvalue weighted by atomic mass is 10.0. The molecular formula is C14H13ClN2O3. The highest BCUT2D eigenvalue weighted by atomic mass is 35.5. The monoisotopic (exact) mass is 292 g/mol. The van der Waals surface area contributed by atoms with E-state index >= 15 is 0 Å². The fraction of sp³-hybridized carbons (Fsp3) is 0.214. The Labute approximate surface area is 120 Å². The average Bonchev–Trinajstić information content (AvgIpc) is 2.85. The molecule has 0 saturated carbocycles. The number of carbonyl (C=O) groups excluding carboxylic acids is 1. The van der Waals surface area contributed by atoms with Crippen molar-refractivity contribution in [1.29, 1.82) is 0 Å². The molecule has 0 spiro atoms. The number of fused-ring (bicyclic) bond motifs is 1. The van der Waals surface area contributed by atoms with Crippen LogP contribution in [0.25, 0.3) is 0 Å². The molecule has 20 heavy (non-hydrogen) atoms. The van der Waals surface area contributed by atoms with Crippen LogP contribution in [0.1, 0.15) is 17.4 Å². The van der Waals surface area contributed by atoms with Gasteiger partial charge in [-0.25, -0.2) is 0 Å². The highest BCUT2D eigenvalue weighted by Gasteiger charge is 2.20. The minimum atomic E-state index is -0.156. The van der Waals surface area contributed by atoms with E-state index in [0.29, 0.717) is 22.4 Å². The van der Waals surface area contributed by atoms with Gasteiger partial charge in [-0.3, -0.25) is 4.79 Å². The minimum Gasteiger partial charge on any atom is -0.482 e. The summed E-state index contributed by atoms with van der Waals surface area (Å²) in [5.41, 5.74) is 1.61. The van der Waals surface area contributed by atoms with Crippen LogP contribution >= 0.6 is 11.6 Å². The number of hydrogen-bond acceptors (Lipinski definition) is 4. The molecule has 1 amide bonds. The van der Waals surface area contributed by atoms with Gasteiger partial charge in [-0.15, -0.1) is 0 Å². The molecule has 2 aromatic rings. The van der Waals surface area contributed by atoms with Crippen LogP contribution in [0.5, 0.6) is 5.75 Å². The molecule has 104 valence electrons. The van der Waals surface area contributed by atoms with Gasteiger partial charge in [0.15, 0.2) is 11.8 Å².